The van der Waals surface area contributed by atoms with Gasteiger partial charge in [-0.25, -0.2) is 4.39 Å². The van der Waals surface area contributed by atoms with E-state index < -0.39 is 5.60 Å². The Balaban J connectivity index is 1.79. The summed E-state index contributed by atoms with van der Waals surface area (Å²) in [5.74, 6) is 0.193. The molecule has 110 valence electrons. The molecule has 1 atom stereocenters. The molecule has 0 radical (unpaired) electrons. The van der Waals surface area contributed by atoms with Crippen molar-refractivity contribution in [3.63, 3.8) is 0 Å². The summed E-state index contributed by atoms with van der Waals surface area (Å²) >= 11 is 0. The Bertz CT molecular complexity index is 660. The fourth-order valence-electron chi connectivity index (χ4n) is 2.50. The van der Waals surface area contributed by atoms with E-state index in [9.17, 15) is 14.3 Å². The molecular formula is C16H16FNO3. The number of carbonyl (C=O) groups is 1. The summed E-state index contributed by atoms with van der Waals surface area (Å²) < 4.78 is 18.5. The van der Waals surface area contributed by atoms with Crippen molar-refractivity contribution in [1.82, 2.24) is 4.90 Å². The van der Waals surface area contributed by atoms with Crippen LogP contribution in [-0.2, 0) is 0 Å². The number of halogens is 1. The lowest BCUT2D eigenvalue weighted by molar-refractivity contribution is 0.0555. The number of hydrogen-bond donors (Lipinski definition) is 1. The normalized spacial score (nSPS) is 21.8. The van der Waals surface area contributed by atoms with E-state index in [2.05, 4.69) is 0 Å². The minimum absolute atomic E-state index is 0.229. The van der Waals surface area contributed by atoms with Crippen LogP contribution >= 0.6 is 0 Å². The first-order chi connectivity index (χ1) is 9.94. The van der Waals surface area contributed by atoms with E-state index in [1.54, 1.807) is 36.1 Å². The van der Waals surface area contributed by atoms with Gasteiger partial charge in [-0.1, -0.05) is 0 Å². The lowest BCUT2D eigenvalue weighted by Crippen LogP contribution is -2.33. The molecule has 1 saturated heterocycles. The summed E-state index contributed by atoms with van der Waals surface area (Å²) in [6.45, 7) is 2.53. The zero-order valence-corrected chi connectivity index (χ0v) is 11.7. The third-order valence-electron chi connectivity index (χ3n) is 3.68. The van der Waals surface area contributed by atoms with Crippen molar-refractivity contribution in [2.24, 2.45) is 0 Å². The first-order valence-electron chi connectivity index (χ1n) is 6.82. The molecule has 1 aliphatic heterocycles. The summed E-state index contributed by atoms with van der Waals surface area (Å²) in [6, 6.07) is 9.18. The molecule has 21 heavy (non-hydrogen) atoms. The molecule has 0 saturated carbocycles. The number of hydrogen-bond acceptors (Lipinski definition) is 3. The van der Waals surface area contributed by atoms with E-state index in [4.69, 9.17) is 4.42 Å². The topological polar surface area (TPSA) is 53.7 Å². The van der Waals surface area contributed by atoms with E-state index in [1.165, 1.54) is 12.1 Å². The molecule has 2 heterocycles. The van der Waals surface area contributed by atoms with Gasteiger partial charge in [-0.15, -0.1) is 0 Å². The monoisotopic (exact) mass is 289 g/mol. The number of β-amino-alcohol motifs (C(OH)–C–C–N with tert-alkyl or cyclic N) is 1. The average Bonchev–Trinajstić information content (AvgIpc) is 3.05. The number of likely N-dealkylation sites (tertiary alicyclic amines) is 1. The van der Waals surface area contributed by atoms with Crippen molar-refractivity contribution in [1.29, 1.82) is 0 Å². The van der Waals surface area contributed by atoms with Gasteiger partial charge < -0.3 is 14.4 Å². The van der Waals surface area contributed by atoms with E-state index in [1.807, 2.05) is 0 Å². The molecule has 1 fully saturated rings. The lowest BCUT2D eigenvalue weighted by Gasteiger charge is -2.17. The van der Waals surface area contributed by atoms with E-state index >= 15 is 0 Å². The Labute approximate surface area is 121 Å². The van der Waals surface area contributed by atoms with Crippen LogP contribution in [0.1, 0.15) is 23.9 Å². The maximum Gasteiger partial charge on any atom is 0.289 e. The van der Waals surface area contributed by atoms with Crippen molar-refractivity contribution >= 4 is 5.91 Å². The second-order valence-corrected chi connectivity index (χ2v) is 5.64. The number of nitrogens with zero attached hydrogens (tertiary/aromatic N) is 1. The van der Waals surface area contributed by atoms with Crippen molar-refractivity contribution in [3.05, 3.63) is 48.0 Å². The Kier molecular flexibility index (Phi) is 3.29. The third kappa shape index (κ3) is 2.83. The van der Waals surface area contributed by atoms with Crippen LogP contribution in [0.3, 0.4) is 0 Å². The largest absolute Gasteiger partial charge is 0.451 e. The predicted molar refractivity (Wildman–Crippen MR) is 75.2 cm³/mol. The van der Waals surface area contributed by atoms with Gasteiger partial charge in [0.05, 0.1) is 5.60 Å². The van der Waals surface area contributed by atoms with Gasteiger partial charge in [-0.05, 0) is 49.7 Å². The molecule has 0 aliphatic carbocycles. The van der Waals surface area contributed by atoms with Crippen LogP contribution in [0.5, 0.6) is 0 Å². The molecule has 0 spiro atoms. The average molecular weight is 289 g/mol. The molecule has 2 aromatic rings. The number of furan rings is 1. The number of carbonyl (C=O) groups excluding carboxylic acids is 1. The quantitative estimate of drug-likeness (QED) is 0.924. The van der Waals surface area contributed by atoms with Crippen LogP contribution < -0.4 is 0 Å². The Morgan fingerprint density at radius 2 is 2.00 bits per heavy atom. The molecule has 0 bridgehead atoms. The van der Waals surface area contributed by atoms with Crippen molar-refractivity contribution in [2.45, 2.75) is 18.9 Å². The fourth-order valence-corrected chi connectivity index (χ4v) is 2.50. The van der Waals surface area contributed by atoms with Crippen molar-refractivity contribution in [2.75, 3.05) is 13.1 Å². The van der Waals surface area contributed by atoms with Crippen molar-refractivity contribution in [3.8, 4) is 11.3 Å². The zero-order valence-electron chi connectivity index (χ0n) is 11.7. The van der Waals surface area contributed by atoms with Crippen molar-refractivity contribution < 1.29 is 18.7 Å². The molecule has 1 aromatic heterocycles. The van der Waals surface area contributed by atoms with E-state index in [0.717, 1.165) is 0 Å². The maximum atomic E-state index is 12.9. The van der Waals surface area contributed by atoms with Gasteiger partial charge in [0.1, 0.15) is 11.6 Å². The summed E-state index contributed by atoms with van der Waals surface area (Å²) in [7, 11) is 0. The fraction of sp³-hybridized carbons (Fsp3) is 0.312. The molecule has 1 N–H and O–H groups in total. The maximum absolute atomic E-state index is 12.9. The Hall–Kier alpha value is -2.14. The second-order valence-electron chi connectivity index (χ2n) is 5.64. The number of amides is 1. The minimum Gasteiger partial charge on any atom is -0.451 e. The van der Waals surface area contributed by atoms with Gasteiger partial charge in [0.25, 0.3) is 5.91 Å². The SMILES string of the molecule is CC1(O)CCN(C(=O)c2ccc(-c3ccc(F)cc3)o2)C1. The molecule has 3 rings (SSSR count). The number of rotatable bonds is 2. The van der Waals surface area contributed by atoms with E-state index in [-0.39, 0.29) is 17.5 Å². The van der Waals surface area contributed by atoms with E-state index in [0.29, 0.717) is 30.8 Å². The van der Waals surface area contributed by atoms with Crippen LogP contribution in [0.25, 0.3) is 11.3 Å². The van der Waals surface area contributed by atoms with Gasteiger partial charge >= 0.3 is 0 Å². The molecule has 4 nitrogen and oxygen atoms in total. The highest BCUT2D eigenvalue weighted by Gasteiger charge is 2.35. The van der Waals surface area contributed by atoms with Gasteiger partial charge in [0.2, 0.25) is 0 Å². The third-order valence-corrected chi connectivity index (χ3v) is 3.68. The summed E-state index contributed by atoms with van der Waals surface area (Å²) in [4.78, 5) is 13.9. The Morgan fingerprint density at radius 1 is 1.29 bits per heavy atom. The van der Waals surface area contributed by atoms with Gasteiger partial charge in [-0.2, -0.15) is 0 Å². The summed E-state index contributed by atoms with van der Waals surface area (Å²) in [6.07, 6.45) is 0.560. The van der Waals surface area contributed by atoms with Crippen LogP contribution in [0.4, 0.5) is 4.39 Å². The lowest BCUT2D eigenvalue weighted by atomic mass is 10.1. The van der Waals surface area contributed by atoms with Crippen LogP contribution in [0.15, 0.2) is 40.8 Å². The number of benzene rings is 1. The second kappa shape index (κ2) is 5.00. The Morgan fingerprint density at radius 3 is 2.62 bits per heavy atom. The molecule has 5 heteroatoms. The standard InChI is InChI=1S/C16H16FNO3/c1-16(20)8-9-18(10-16)15(19)14-7-6-13(21-14)11-2-4-12(17)5-3-11/h2-7,20H,8-10H2,1H3. The summed E-state index contributed by atoms with van der Waals surface area (Å²) in [5, 5.41) is 9.91. The summed E-state index contributed by atoms with van der Waals surface area (Å²) in [5.41, 5.74) is -0.119. The molecule has 1 amide bonds. The molecule has 1 unspecified atom stereocenters. The highest BCUT2D eigenvalue weighted by molar-refractivity contribution is 5.92. The first kappa shape index (κ1) is 13.8. The zero-order chi connectivity index (χ0) is 15.0. The van der Waals surface area contributed by atoms with Gasteiger partial charge in [-0.3, -0.25) is 4.79 Å². The molecule has 1 aromatic carbocycles. The smallest absolute Gasteiger partial charge is 0.289 e. The first-order valence-corrected chi connectivity index (χ1v) is 6.82. The van der Waals surface area contributed by atoms with Crippen LogP contribution in [-0.4, -0.2) is 34.6 Å². The highest BCUT2D eigenvalue weighted by Crippen LogP contribution is 2.26. The predicted octanol–water partition coefficient (Wildman–Crippen LogP) is 2.68. The van der Waals surface area contributed by atoms with Gasteiger partial charge in [0.15, 0.2) is 5.76 Å². The van der Waals surface area contributed by atoms with Crippen LogP contribution in [0, 0.1) is 5.82 Å². The minimum atomic E-state index is -0.831. The highest BCUT2D eigenvalue weighted by atomic mass is 19.1. The molecule has 1 aliphatic rings. The number of aliphatic hydroxyl groups is 1. The van der Waals surface area contributed by atoms with Crippen LogP contribution in [0.2, 0.25) is 0 Å². The molecular weight excluding hydrogens is 273 g/mol. The van der Waals surface area contributed by atoms with Gasteiger partial charge in [0, 0.05) is 18.7 Å².